The lowest BCUT2D eigenvalue weighted by Crippen LogP contribution is -2.18. The Kier molecular flexibility index (Phi) is 8.08. The van der Waals surface area contributed by atoms with Crippen LogP contribution in [0.4, 0.5) is 0 Å². The summed E-state index contributed by atoms with van der Waals surface area (Å²) in [5, 5.41) is 4.09. The highest BCUT2D eigenvalue weighted by Crippen LogP contribution is 2.31. The molecule has 0 spiro atoms. The van der Waals surface area contributed by atoms with Crippen molar-refractivity contribution in [2.75, 3.05) is 14.2 Å². The zero-order valence-electron chi connectivity index (χ0n) is 16.9. The van der Waals surface area contributed by atoms with E-state index in [4.69, 9.17) is 14.2 Å². The molecule has 0 saturated carbocycles. The quantitative estimate of drug-likeness (QED) is 0.295. The van der Waals surface area contributed by atoms with E-state index in [-0.39, 0.29) is 0 Å². The van der Waals surface area contributed by atoms with E-state index in [0.717, 1.165) is 14.5 Å². The Bertz CT molecular complexity index is 1090. The zero-order valence-corrected chi connectivity index (χ0v) is 20.1. The third-order valence-electron chi connectivity index (χ3n) is 4.30. The van der Waals surface area contributed by atoms with Gasteiger partial charge in [-0.2, -0.15) is 5.10 Å². The third-order valence-corrected chi connectivity index (χ3v) is 5.32. The summed E-state index contributed by atoms with van der Waals surface area (Å²) in [7, 11) is 3.08. The fraction of sp³-hybridized carbons (Fsp3) is 0.130. The van der Waals surface area contributed by atoms with E-state index < -0.39 is 5.91 Å². The average Bonchev–Trinajstić information content (AvgIpc) is 2.78. The maximum Gasteiger partial charge on any atom is 0.275 e. The van der Waals surface area contributed by atoms with Gasteiger partial charge in [-0.3, -0.25) is 4.79 Å². The number of halogens is 2. The van der Waals surface area contributed by atoms with Crippen molar-refractivity contribution in [1.82, 2.24) is 5.43 Å². The van der Waals surface area contributed by atoms with Gasteiger partial charge in [-0.1, -0.05) is 50.1 Å². The minimum Gasteiger partial charge on any atom is -0.496 e. The van der Waals surface area contributed by atoms with Crippen LogP contribution in [0, 0.1) is 0 Å². The predicted octanol–water partition coefficient (Wildman–Crippen LogP) is 5.57. The second kappa shape index (κ2) is 11.0. The van der Waals surface area contributed by atoms with Gasteiger partial charge in [0.15, 0.2) is 11.5 Å². The van der Waals surface area contributed by atoms with Crippen LogP contribution in [0.2, 0.25) is 0 Å². The number of benzene rings is 3. The maximum atomic E-state index is 12.5. The van der Waals surface area contributed by atoms with Gasteiger partial charge in [0, 0.05) is 14.5 Å². The summed E-state index contributed by atoms with van der Waals surface area (Å²) in [6.07, 6.45) is 1.52. The maximum absolute atomic E-state index is 12.5. The molecule has 6 nitrogen and oxygen atoms in total. The van der Waals surface area contributed by atoms with E-state index in [9.17, 15) is 4.79 Å². The van der Waals surface area contributed by atoms with Crippen molar-refractivity contribution in [2.24, 2.45) is 5.10 Å². The largest absolute Gasteiger partial charge is 0.496 e. The molecule has 0 saturated heterocycles. The molecule has 160 valence electrons. The SMILES string of the molecule is COc1ccc(Br)cc1C(=O)N/N=C\c1cccc(OC)c1OCc1ccc(Br)cc1. The van der Waals surface area contributed by atoms with Crippen molar-refractivity contribution in [3.63, 3.8) is 0 Å². The molecule has 0 heterocycles. The smallest absolute Gasteiger partial charge is 0.275 e. The molecule has 0 atom stereocenters. The Morgan fingerprint density at radius 3 is 2.39 bits per heavy atom. The molecular formula is C23H20Br2N2O4. The number of rotatable bonds is 8. The van der Waals surface area contributed by atoms with Gasteiger partial charge in [0.25, 0.3) is 5.91 Å². The van der Waals surface area contributed by atoms with Gasteiger partial charge in [0.05, 0.1) is 26.0 Å². The fourth-order valence-electron chi connectivity index (χ4n) is 2.76. The van der Waals surface area contributed by atoms with Gasteiger partial charge >= 0.3 is 0 Å². The molecule has 0 aliphatic heterocycles. The van der Waals surface area contributed by atoms with Crippen molar-refractivity contribution < 1.29 is 19.0 Å². The number of carbonyl (C=O) groups is 1. The van der Waals surface area contributed by atoms with E-state index in [0.29, 0.717) is 35.0 Å². The molecule has 3 aromatic rings. The molecule has 31 heavy (non-hydrogen) atoms. The van der Waals surface area contributed by atoms with Crippen molar-refractivity contribution in [3.8, 4) is 17.2 Å². The standard InChI is InChI=1S/C23H20Br2N2O4/c1-29-20-11-10-18(25)12-19(20)23(28)27-26-13-16-4-3-5-21(30-2)22(16)31-14-15-6-8-17(24)9-7-15/h3-13H,14H2,1-2H3,(H,27,28)/b26-13-. The number of ether oxygens (including phenoxy) is 3. The molecule has 1 N–H and O–H groups in total. The van der Waals surface area contributed by atoms with Crippen LogP contribution in [-0.2, 0) is 6.61 Å². The van der Waals surface area contributed by atoms with E-state index in [1.165, 1.54) is 13.3 Å². The molecule has 0 fully saturated rings. The first-order valence-electron chi connectivity index (χ1n) is 9.23. The highest BCUT2D eigenvalue weighted by molar-refractivity contribution is 9.10. The Morgan fingerprint density at radius 2 is 1.68 bits per heavy atom. The lowest BCUT2D eigenvalue weighted by molar-refractivity contribution is 0.0952. The molecular weight excluding hydrogens is 528 g/mol. The summed E-state index contributed by atoms with van der Waals surface area (Å²) in [5.41, 5.74) is 4.56. The highest BCUT2D eigenvalue weighted by Gasteiger charge is 2.13. The number of carbonyl (C=O) groups excluding carboxylic acids is 1. The van der Waals surface area contributed by atoms with Crippen molar-refractivity contribution >= 4 is 44.0 Å². The first-order valence-corrected chi connectivity index (χ1v) is 10.8. The number of methoxy groups -OCH3 is 2. The third kappa shape index (κ3) is 6.08. The monoisotopic (exact) mass is 546 g/mol. The zero-order chi connectivity index (χ0) is 22.2. The lowest BCUT2D eigenvalue weighted by Gasteiger charge is -2.13. The first kappa shape index (κ1) is 22.8. The van der Waals surface area contributed by atoms with Crippen LogP contribution < -0.4 is 19.6 Å². The Hall–Kier alpha value is -2.84. The summed E-state index contributed by atoms with van der Waals surface area (Å²) < 4.78 is 18.4. The minimum atomic E-state index is -0.394. The van der Waals surface area contributed by atoms with Crippen molar-refractivity contribution in [2.45, 2.75) is 6.61 Å². The topological polar surface area (TPSA) is 69.2 Å². The van der Waals surface area contributed by atoms with Crippen LogP contribution in [0.15, 0.2) is 74.7 Å². The van der Waals surface area contributed by atoms with Gasteiger partial charge in [-0.15, -0.1) is 0 Å². The number of hydrogen-bond donors (Lipinski definition) is 1. The van der Waals surface area contributed by atoms with Gasteiger partial charge in [-0.05, 0) is 48.0 Å². The van der Waals surface area contributed by atoms with Crippen LogP contribution in [0.5, 0.6) is 17.2 Å². The number of hydrogen-bond acceptors (Lipinski definition) is 5. The van der Waals surface area contributed by atoms with E-state index in [1.54, 1.807) is 31.4 Å². The van der Waals surface area contributed by atoms with Crippen LogP contribution >= 0.6 is 31.9 Å². The minimum absolute atomic E-state index is 0.357. The molecule has 1 amide bonds. The predicted molar refractivity (Wildman–Crippen MR) is 127 cm³/mol. The van der Waals surface area contributed by atoms with Crippen molar-refractivity contribution in [3.05, 3.63) is 86.3 Å². The summed E-state index contributed by atoms with van der Waals surface area (Å²) in [5.74, 6) is 1.16. The molecule has 0 aliphatic rings. The Balaban J connectivity index is 1.76. The first-order chi connectivity index (χ1) is 15.0. The molecule has 3 rings (SSSR count). The lowest BCUT2D eigenvalue weighted by atomic mass is 10.2. The average molecular weight is 548 g/mol. The Labute approximate surface area is 197 Å². The number of hydrazone groups is 1. The Morgan fingerprint density at radius 1 is 0.968 bits per heavy atom. The number of nitrogens with one attached hydrogen (secondary N) is 1. The normalized spacial score (nSPS) is 10.7. The number of para-hydroxylation sites is 1. The summed E-state index contributed by atoms with van der Waals surface area (Å²) in [6, 6.07) is 18.5. The highest BCUT2D eigenvalue weighted by atomic mass is 79.9. The summed E-state index contributed by atoms with van der Waals surface area (Å²) in [6.45, 7) is 0.357. The molecule has 0 aliphatic carbocycles. The van der Waals surface area contributed by atoms with Gasteiger partial charge < -0.3 is 14.2 Å². The van der Waals surface area contributed by atoms with Crippen LogP contribution in [-0.4, -0.2) is 26.3 Å². The van der Waals surface area contributed by atoms with Crippen LogP contribution in [0.3, 0.4) is 0 Å². The fourth-order valence-corrected chi connectivity index (χ4v) is 3.39. The van der Waals surface area contributed by atoms with E-state index >= 15 is 0 Å². The molecule has 0 radical (unpaired) electrons. The van der Waals surface area contributed by atoms with Gasteiger partial charge in [-0.25, -0.2) is 5.43 Å². The second-order valence-electron chi connectivity index (χ2n) is 6.34. The van der Waals surface area contributed by atoms with E-state index in [1.807, 2.05) is 36.4 Å². The second-order valence-corrected chi connectivity index (χ2v) is 8.17. The van der Waals surface area contributed by atoms with Crippen molar-refractivity contribution in [1.29, 1.82) is 0 Å². The molecule has 0 bridgehead atoms. The van der Waals surface area contributed by atoms with Crippen LogP contribution in [0.1, 0.15) is 21.5 Å². The van der Waals surface area contributed by atoms with Gasteiger partial charge in [0.2, 0.25) is 0 Å². The summed E-state index contributed by atoms with van der Waals surface area (Å²) in [4.78, 5) is 12.5. The molecule has 0 unspecified atom stereocenters. The molecule has 8 heteroatoms. The van der Waals surface area contributed by atoms with Crippen LogP contribution in [0.25, 0.3) is 0 Å². The van der Waals surface area contributed by atoms with Gasteiger partial charge in [0.1, 0.15) is 12.4 Å². The number of amides is 1. The summed E-state index contributed by atoms with van der Waals surface area (Å²) >= 11 is 6.78. The molecule has 3 aromatic carbocycles. The van der Waals surface area contributed by atoms with E-state index in [2.05, 4.69) is 42.4 Å². The molecule has 0 aromatic heterocycles. The number of nitrogens with zero attached hydrogens (tertiary/aromatic N) is 1.